The molecule has 0 spiro atoms. The normalized spacial score (nSPS) is 11.1. The maximum absolute atomic E-state index is 12.7. The monoisotopic (exact) mass is 437 g/mol. The first-order valence-corrected chi connectivity index (χ1v) is 9.94. The Bertz CT molecular complexity index is 1110. The molecule has 0 aliphatic heterocycles. The van der Waals surface area contributed by atoms with Gasteiger partial charge in [0.15, 0.2) is 0 Å². The molecule has 0 bridgehead atoms. The maximum atomic E-state index is 12.7. The number of pyridine rings is 1. The molecule has 0 aliphatic carbocycles. The first-order valence-electron chi connectivity index (χ1n) is 9.14. The molecule has 6 heteroatoms. The number of carbonyl (C=O) groups excluding carboxylic acids is 1. The number of fused-ring (bicyclic) bond motifs is 2. The molecule has 1 N–H and O–H groups in total. The van der Waals surface area contributed by atoms with Gasteiger partial charge in [-0.1, -0.05) is 36.4 Å². The number of hydrogen-bond acceptors (Lipinski definition) is 3. The van der Waals surface area contributed by atoms with Gasteiger partial charge < -0.3 is 14.6 Å². The summed E-state index contributed by atoms with van der Waals surface area (Å²) >= 11 is 3.57. The summed E-state index contributed by atoms with van der Waals surface area (Å²) in [5, 5.41) is 5.06. The lowest BCUT2D eigenvalue weighted by molar-refractivity contribution is 0.0943. The van der Waals surface area contributed by atoms with Crippen LogP contribution in [0.1, 0.15) is 16.9 Å². The zero-order valence-electron chi connectivity index (χ0n) is 15.5. The highest BCUT2D eigenvalue weighted by Crippen LogP contribution is 2.30. The van der Waals surface area contributed by atoms with E-state index >= 15 is 0 Å². The van der Waals surface area contributed by atoms with E-state index in [2.05, 4.69) is 26.2 Å². The highest BCUT2D eigenvalue weighted by atomic mass is 79.9. The summed E-state index contributed by atoms with van der Waals surface area (Å²) in [6, 6.07) is 17.7. The third-order valence-electron chi connectivity index (χ3n) is 4.72. The molecule has 4 rings (SSSR count). The summed E-state index contributed by atoms with van der Waals surface area (Å²) in [6.45, 7) is 1.04. The van der Waals surface area contributed by atoms with Gasteiger partial charge in [0.2, 0.25) is 0 Å². The fourth-order valence-corrected chi connectivity index (χ4v) is 4.11. The lowest BCUT2D eigenvalue weighted by Gasteiger charge is -2.10. The minimum absolute atomic E-state index is 0.0996. The van der Waals surface area contributed by atoms with E-state index in [4.69, 9.17) is 4.74 Å². The standard InChI is InChI=1S/C22H20BrN3O2/c1-26-17-10-3-2-9-16(17)19(23)21(26)22(27)25-13-6-14-28-18-11-4-7-15-8-5-12-24-20(15)18/h2-5,7-12H,6,13-14H2,1H3,(H,25,27). The van der Waals surface area contributed by atoms with Crippen LogP contribution in [0.25, 0.3) is 21.8 Å². The zero-order chi connectivity index (χ0) is 19.5. The second kappa shape index (κ2) is 8.02. The Hall–Kier alpha value is -2.86. The molecule has 2 aromatic heterocycles. The first-order chi connectivity index (χ1) is 13.7. The number of carbonyl (C=O) groups is 1. The second-order valence-electron chi connectivity index (χ2n) is 6.53. The Morgan fingerprint density at radius 1 is 1.14 bits per heavy atom. The van der Waals surface area contributed by atoms with Crippen LogP contribution in [0.15, 0.2) is 65.3 Å². The number of nitrogens with zero attached hydrogens (tertiary/aromatic N) is 2. The molecule has 2 heterocycles. The number of amides is 1. The summed E-state index contributed by atoms with van der Waals surface area (Å²) in [4.78, 5) is 17.0. The quantitative estimate of drug-likeness (QED) is 0.445. The third kappa shape index (κ3) is 3.47. The molecule has 142 valence electrons. The number of hydrogen-bond donors (Lipinski definition) is 1. The summed E-state index contributed by atoms with van der Waals surface area (Å²) < 4.78 is 8.60. The zero-order valence-corrected chi connectivity index (χ0v) is 17.1. The summed E-state index contributed by atoms with van der Waals surface area (Å²) in [6.07, 6.45) is 2.47. The smallest absolute Gasteiger partial charge is 0.269 e. The van der Waals surface area contributed by atoms with Crippen molar-refractivity contribution < 1.29 is 9.53 Å². The summed E-state index contributed by atoms with van der Waals surface area (Å²) in [5.41, 5.74) is 2.50. The average molecular weight is 438 g/mol. The predicted octanol–water partition coefficient (Wildman–Crippen LogP) is 4.69. The highest BCUT2D eigenvalue weighted by Gasteiger charge is 2.18. The summed E-state index contributed by atoms with van der Waals surface area (Å²) in [5.74, 6) is 0.665. The first kappa shape index (κ1) is 18.5. The predicted molar refractivity (Wildman–Crippen MR) is 115 cm³/mol. The van der Waals surface area contributed by atoms with Gasteiger partial charge in [-0.05, 0) is 40.5 Å². The van der Waals surface area contributed by atoms with Crippen molar-refractivity contribution in [2.75, 3.05) is 13.2 Å². The number of para-hydroxylation sites is 2. The number of halogens is 1. The van der Waals surface area contributed by atoms with Gasteiger partial charge in [0, 0.05) is 36.1 Å². The topological polar surface area (TPSA) is 56.2 Å². The largest absolute Gasteiger partial charge is 0.491 e. The van der Waals surface area contributed by atoms with Gasteiger partial charge >= 0.3 is 0 Å². The third-order valence-corrected chi connectivity index (χ3v) is 5.52. The Morgan fingerprint density at radius 3 is 2.82 bits per heavy atom. The number of aryl methyl sites for hydroxylation is 1. The van der Waals surface area contributed by atoms with Crippen LogP contribution in [0.4, 0.5) is 0 Å². The van der Waals surface area contributed by atoms with E-state index in [0.29, 0.717) is 25.3 Å². The van der Waals surface area contributed by atoms with Crippen molar-refractivity contribution >= 4 is 43.6 Å². The number of nitrogens with one attached hydrogen (secondary N) is 1. The van der Waals surface area contributed by atoms with Crippen molar-refractivity contribution in [3.8, 4) is 5.75 Å². The van der Waals surface area contributed by atoms with Gasteiger partial charge in [-0.3, -0.25) is 9.78 Å². The van der Waals surface area contributed by atoms with E-state index < -0.39 is 0 Å². The van der Waals surface area contributed by atoms with Gasteiger partial charge in [-0.15, -0.1) is 0 Å². The molecule has 4 aromatic rings. The molecule has 0 saturated heterocycles. The van der Waals surface area contributed by atoms with Gasteiger partial charge in [0.1, 0.15) is 17.0 Å². The van der Waals surface area contributed by atoms with E-state index in [-0.39, 0.29) is 5.91 Å². The molecule has 0 atom stereocenters. The average Bonchev–Trinajstić information content (AvgIpc) is 2.98. The lowest BCUT2D eigenvalue weighted by atomic mass is 10.2. The van der Waals surface area contributed by atoms with Gasteiger partial charge in [-0.25, -0.2) is 0 Å². The fraction of sp³-hybridized carbons (Fsp3) is 0.182. The van der Waals surface area contributed by atoms with Gasteiger partial charge in [-0.2, -0.15) is 0 Å². The molecule has 0 fully saturated rings. The van der Waals surface area contributed by atoms with Crippen LogP contribution in [-0.2, 0) is 7.05 Å². The Balaban J connectivity index is 1.35. The van der Waals surface area contributed by atoms with Crippen LogP contribution >= 0.6 is 15.9 Å². The fourth-order valence-electron chi connectivity index (χ4n) is 3.33. The van der Waals surface area contributed by atoms with Gasteiger partial charge in [0.25, 0.3) is 5.91 Å². The van der Waals surface area contributed by atoms with Crippen molar-refractivity contribution in [2.24, 2.45) is 7.05 Å². The van der Waals surface area contributed by atoms with Crippen LogP contribution in [0.3, 0.4) is 0 Å². The maximum Gasteiger partial charge on any atom is 0.269 e. The molecule has 0 radical (unpaired) electrons. The molecule has 2 aromatic carbocycles. The van der Waals surface area contributed by atoms with Crippen LogP contribution in [0.2, 0.25) is 0 Å². The van der Waals surface area contributed by atoms with E-state index in [1.54, 1.807) is 6.20 Å². The Kier molecular flexibility index (Phi) is 5.30. The van der Waals surface area contributed by atoms with Crippen molar-refractivity contribution in [1.82, 2.24) is 14.9 Å². The molecule has 28 heavy (non-hydrogen) atoms. The number of benzene rings is 2. The van der Waals surface area contributed by atoms with Crippen molar-refractivity contribution in [2.45, 2.75) is 6.42 Å². The Morgan fingerprint density at radius 2 is 1.96 bits per heavy atom. The molecule has 0 saturated carbocycles. The summed E-state index contributed by atoms with van der Waals surface area (Å²) in [7, 11) is 1.90. The minimum Gasteiger partial charge on any atom is -0.491 e. The highest BCUT2D eigenvalue weighted by molar-refractivity contribution is 9.10. The van der Waals surface area contributed by atoms with E-state index in [9.17, 15) is 4.79 Å². The van der Waals surface area contributed by atoms with Crippen molar-refractivity contribution in [3.05, 3.63) is 71.0 Å². The van der Waals surface area contributed by atoms with E-state index in [1.165, 1.54) is 0 Å². The minimum atomic E-state index is -0.0996. The molecular formula is C22H20BrN3O2. The SMILES string of the molecule is Cn1c(C(=O)NCCCOc2cccc3cccnc23)c(Br)c2ccccc21. The van der Waals surface area contributed by atoms with Crippen molar-refractivity contribution in [3.63, 3.8) is 0 Å². The van der Waals surface area contributed by atoms with Crippen LogP contribution in [-0.4, -0.2) is 28.6 Å². The molecule has 0 unspecified atom stereocenters. The van der Waals surface area contributed by atoms with Crippen LogP contribution < -0.4 is 10.1 Å². The van der Waals surface area contributed by atoms with Crippen molar-refractivity contribution in [1.29, 1.82) is 0 Å². The molecule has 5 nitrogen and oxygen atoms in total. The number of ether oxygens (including phenoxy) is 1. The van der Waals surface area contributed by atoms with E-state index in [0.717, 1.165) is 32.0 Å². The molecular weight excluding hydrogens is 418 g/mol. The second-order valence-corrected chi connectivity index (χ2v) is 7.32. The number of rotatable bonds is 6. The van der Waals surface area contributed by atoms with Gasteiger partial charge in [0.05, 0.1) is 11.1 Å². The lowest BCUT2D eigenvalue weighted by Crippen LogP contribution is -2.27. The molecule has 0 aliphatic rings. The van der Waals surface area contributed by atoms with Crippen LogP contribution in [0.5, 0.6) is 5.75 Å². The van der Waals surface area contributed by atoms with E-state index in [1.807, 2.05) is 66.2 Å². The van der Waals surface area contributed by atoms with Crippen LogP contribution in [0, 0.1) is 0 Å². The number of aromatic nitrogens is 2. The molecule has 1 amide bonds. The Labute approximate surface area is 171 Å².